The van der Waals surface area contributed by atoms with Crippen molar-refractivity contribution in [2.75, 3.05) is 18.4 Å². The van der Waals surface area contributed by atoms with Crippen molar-refractivity contribution in [2.24, 2.45) is 0 Å². The third-order valence-electron chi connectivity index (χ3n) is 5.03. The van der Waals surface area contributed by atoms with E-state index in [9.17, 15) is 19.7 Å². The van der Waals surface area contributed by atoms with Crippen LogP contribution in [0.15, 0.2) is 57.8 Å². The Kier molecular flexibility index (Phi) is 6.87. The number of anilines is 1. The van der Waals surface area contributed by atoms with Crippen molar-refractivity contribution in [2.45, 2.75) is 19.3 Å². The standard InChI is InChI=1S/C22H21N7O5/c30-18(10-11-19-25-20(28-34-19)14-6-8-15(9-7-14)29(32)33)23-12-3-13-24-21-16-4-1-2-5-17(16)22(31)27-26-21/h1-2,4-9H,3,10-13H2,(H,23,30)(H,24,26)(H,27,31). The van der Waals surface area contributed by atoms with Crippen molar-refractivity contribution in [3.05, 3.63) is 74.9 Å². The molecule has 1 amide bonds. The van der Waals surface area contributed by atoms with Gasteiger partial charge in [-0.1, -0.05) is 23.4 Å². The fraction of sp³-hybridized carbons (Fsp3) is 0.227. The van der Waals surface area contributed by atoms with Gasteiger partial charge in [0, 0.05) is 49.0 Å². The van der Waals surface area contributed by atoms with Crippen molar-refractivity contribution >= 4 is 28.2 Å². The number of nitrogens with zero attached hydrogens (tertiary/aromatic N) is 4. The zero-order valence-corrected chi connectivity index (χ0v) is 18.0. The molecule has 0 bridgehead atoms. The minimum absolute atomic E-state index is 0.0253. The number of carbonyl (C=O) groups excluding carboxylic acids is 1. The normalized spacial score (nSPS) is 10.8. The first-order valence-corrected chi connectivity index (χ1v) is 10.6. The Morgan fingerprint density at radius 3 is 2.62 bits per heavy atom. The molecule has 0 aliphatic carbocycles. The van der Waals surface area contributed by atoms with E-state index in [0.717, 1.165) is 5.39 Å². The molecule has 0 atom stereocenters. The summed E-state index contributed by atoms with van der Waals surface area (Å²) < 4.78 is 5.17. The van der Waals surface area contributed by atoms with Gasteiger partial charge in [0.15, 0.2) is 5.82 Å². The highest BCUT2D eigenvalue weighted by Crippen LogP contribution is 2.20. The van der Waals surface area contributed by atoms with Gasteiger partial charge in [-0.15, -0.1) is 0 Å². The maximum Gasteiger partial charge on any atom is 0.272 e. The molecule has 0 aliphatic rings. The van der Waals surface area contributed by atoms with Gasteiger partial charge in [-0.2, -0.15) is 10.1 Å². The monoisotopic (exact) mass is 463 g/mol. The second kappa shape index (κ2) is 10.3. The molecule has 0 spiro atoms. The van der Waals surface area contributed by atoms with Gasteiger partial charge in [-0.3, -0.25) is 19.7 Å². The zero-order chi connectivity index (χ0) is 23.9. The average molecular weight is 463 g/mol. The Bertz CT molecular complexity index is 1360. The highest BCUT2D eigenvalue weighted by atomic mass is 16.6. The predicted molar refractivity (Wildman–Crippen MR) is 123 cm³/mol. The Balaban J connectivity index is 1.19. The first-order valence-electron chi connectivity index (χ1n) is 10.6. The molecule has 34 heavy (non-hydrogen) atoms. The van der Waals surface area contributed by atoms with Crippen LogP contribution >= 0.6 is 0 Å². The number of nitrogens with one attached hydrogen (secondary N) is 3. The highest BCUT2D eigenvalue weighted by Gasteiger charge is 2.12. The third kappa shape index (κ3) is 5.41. The van der Waals surface area contributed by atoms with Gasteiger partial charge >= 0.3 is 0 Å². The third-order valence-corrected chi connectivity index (χ3v) is 5.03. The van der Waals surface area contributed by atoms with E-state index in [1.165, 1.54) is 12.1 Å². The van der Waals surface area contributed by atoms with Crippen LogP contribution in [-0.2, 0) is 11.2 Å². The van der Waals surface area contributed by atoms with E-state index >= 15 is 0 Å². The summed E-state index contributed by atoms with van der Waals surface area (Å²) in [5.41, 5.74) is 0.319. The van der Waals surface area contributed by atoms with Crippen LogP contribution in [0.25, 0.3) is 22.2 Å². The summed E-state index contributed by atoms with van der Waals surface area (Å²) in [5, 5.41) is 28.4. The van der Waals surface area contributed by atoms with Gasteiger partial charge in [0.2, 0.25) is 17.6 Å². The predicted octanol–water partition coefficient (Wildman–Crippen LogP) is 2.43. The molecule has 2 heterocycles. The van der Waals surface area contributed by atoms with Crippen molar-refractivity contribution < 1.29 is 14.2 Å². The lowest BCUT2D eigenvalue weighted by Gasteiger charge is -2.08. The Morgan fingerprint density at radius 1 is 1.09 bits per heavy atom. The number of H-pyrrole nitrogens is 1. The van der Waals surface area contributed by atoms with E-state index in [1.807, 2.05) is 12.1 Å². The van der Waals surface area contributed by atoms with Gasteiger partial charge in [0.1, 0.15) is 0 Å². The molecule has 12 nitrogen and oxygen atoms in total. The Labute approximate surface area is 192 Å². The topological polar surface area (TPSA) is 169 Å². The summed E-state index contributed by atoms with van der Waals surface area (Å²) in [5.74, 6) is 1.05. The SMILES string of the molecule is O=C(CCc1nc(-c2ccc([N+](=O)[O-])cc2)no1)NCCCNc1n[nH]c(=O)c2ccccc12. The summed E-state index contributed by atoms with van der Waals surface area (Å²) in [4.78, 5) is 38.4. The molecule has 12 heteroatoms. The van der Waals surface area contributed by atoms with Crippen LogP contribution in [0.3, 0.4) is 0 Å². The molecule has 0 unspecified atom stereocenters. The maximum absolute atomic E-state index is 12.1. The number of nitro groups is 1. The maximum atomic E-state index is 12.1. The second-order valence-corrected chi connectivity index (χ2v) is 7.39. The van der Waals surface area contributed by atoms with E-state index < -0.39 is 4.92 Å². The quantitative estimate of drug-likeness (QED) is 0.182. The van der Waals surface area contributed by atoms with Gasteiger partial charge < -0.3 is 15.2 Å². The van der Waals surface area contributed by atoms with Crippen LogP contribution in [0.5, 0.6) is 0 Å². The van der Waals surface area contributed by atoms with Crippen LogP contribution in [0.1, 0.15) is 18.7 Å². The van der Waals surface area contributed by atoms with Crippen LogP contribution in [0.2, 0.25) is 0 Å². The summed E-state index contributed by atoms with van der Waals surface area (Å²) in [6.45, 7) is 1.02. The molecule has 4 aromatic rings. The molecule has 0 aliphatic heterocycles. The number of hydrogen-bond donors (Lipinski definition) is 3. The molecular weight excluding hydrogens is 442 g/mol. The van der Waals surface area contributed by atoms with Crippen molar-refractivity contribution in [3.63, 3.8) is 0 Å². The lowest BCUT2D eigenvalue weighted by atomic mass is 10.2. The summed E-state index contributed by atoms with van der Waals surface area (Å²) >= 11 is 0. The molecule has 2 aromatic carbocycles. The number of aromatic amines is 1. The lowest BCUT2D eigenvalue weighted by Crippen LogP contribution is -2.26. The molecule has 0 saturated carbocycles. The Hall–Kier alpha value is -4.61. The van der Waals surface area contributed by atoms with E-state index in [-0.39, 0.29) is 30.0 Å². The molecular formula is C22H21N7O5. The minimum atomic E-state index is -0.483. The van der Waals surface area contributed by atoms with Crippen LogP contribution in [0, 0.1) is 10.1 Å². The number of carbonyl (C=O) groups is 1. The fourth-order valence-corrected chi connectivity index (χ4v) is 3.29. The zero-order valence-electron chi connectivity index (χ0n) is 18.0. The number of aromatic nitrogens is 4. The van der Waals surface area contributed by atoms with E-state index in [4.69, 9.17) is 4.52 Å². The van der Waals surface area contributed by atoms with Gasteiger partial charge in [-0.25, -0.2) is 5.10 Å². The molecule has 3 N–H and O–H groups in total. The van der Waals surface area contributed by atoms with Gasteiger partial charge in [-0.05, 0) is 24.6 Å². The Morgan fingerprint density at radius 2 is 1.85 bits per heavy atom. The van der Waals surface area contributed by atoms with Crippen molar-refractivity contribution in [1.82, 2.24) is 25.7 Å². The largest absolute Gasteiger partial charge is 0.368 e. The molecule has 0 fully saturated rings. The first kappa shape index (κ1) is 22.6. The van der Waals surface area contributed by atoms with E-state index in [1.54, 1.807) is 24.3 Å². The second-order valence-electron chi connectivity index (χ2n) is 7.39. The summed E-state index contributed by atoms with van der Waals surface area (Å²) in [6.07, 6.45) is 1.12. The van der Waals surface area contributed by atoms with Gasteiger partial charge in [0.25, 0.3) is 11.2 Å². The molecule has 0 radical (unpaired) electrons. The summed E-state index contributed by atoms with van der Waals surface area (Å²) in [7, 11) is 0. The fourth-order valence-electron chi connectivity index (χ4n) is 3.29. The highest BCUT2D eigenvalue weighted by molar-refractivity contribution is 5.90. The summed E-state index contributed by atoms with van der Waals surface area (Å²) in [6, 6.07) is 13.0. The van der Waals surface area contributed by atoms with E-state index in [2.05, 4.69) is 31.0 Å². The molecule has 4 rings (SSSR count). The number of aryl methyl sites for hydroxylation is 1. The van der Waals surface area contributed by atoms with Crippen molar-refractivity contribution in [3.8, 4) is 11.4 Å². The minimum Gasteiger partial charge on any atom is -0.368 e. The van der Waals surface area contributed by atoms with Crippen LogP contribution in [0.4, 0.5) is 11.5 Å². The average Bonchev–Trinajstić information content (AvgIpc) is 3.33. The number of hydrogen-bond acceptors (Lipinski definition) is 9. The van der Waals surface area contributed by atoms with E-state index in [0.29, 0.717) is 48.0 Å². The number of fused-ring (bicyclic) bond motifs is 1. The molecule has 2 aromatic heterocycles. The first-order chi connectivity index (χ1) is 16.5. The van der Waals surface area contributed by atoms with Crippen LogP contribution in [-0.4, -0.2) is 44.3 Å². The van der Waals surface area contributed by atoms with Crippen LogP contribution < -0.4 is 16.2 Å². The lowest BCUT2D eigenvalue weighted by molar-refractivity contribution is -0.384. The number of rotatable bonds is 10. The molecule has 174 valence electrons. The smallest absolute Gasteiger partial charge is 0.272 e. The molecule has 0 saturated heterocycles. The number of benzene rings is 2. The number of amides is 1. The van der Waals surface area contributed by atoms with Gasteiger partial charge in [0.05, 0.1) is 10.3 Å². The van der Waals surface area contributed by atoms with Crippen molar-refractivity contribution in [1.29, 1.82) is 0 Å². The number of non-ortho nitro benzene ring substituents is 1. The number of nitro benzene ring substituents is 1.